The molecule has 0 fully saturated rings. The molecule has 2 aromatic rings. The summed E-state index contributed by atoms with van der Waals surface area (Å²) in [5, 5.41) is 7.60. The Bertz CT molecular complexity index is 989. The molecule has 10 nitrogen and oxygen atoms in total. The van der Waals surface area contributed by atoms with Crippen molar-refractivity contribution in [1.29, 1.82) is 0 Å². The third kappa shape index (κ3) is 5.72. The highest BCUT2D eigenvalue weighted by molar-refractivity contribution is 7.91. The third-order valence-electron chi connectivity index (χ3n) is 3.53. The van der Waals surface area contributed by atoms with Crippen LogP contribution in [-0.4, -0.2) is 47.7 Å². The zero-order valence-electron chi connectivity index (χ0n) is 16.1. The lowest BCUT2D eigenvalue weighted by Crippen LogP contribution is -2.40. The van der Waals surface area contributed by atoms with Gasteiger partial charge in [0.2, 0.25) is 9.84 Å². The lowest BCUT2D eigenvalue weighted by atomic mass is 10.2. The van der Waals surface area contributed by atoms with Gasteiger partial charge in [0.25, 0.3) is 0 Å². The van der Waals surface area contributed by atoms with Crippen molar-refractivity contribution in [3.05, 3.63) is 48.4 Å². The van der Waals surface area contributed by atoms with Gasteiger partial charge in [0.1, 0.15) is 18.0 Å². The molecule has 0 aliphatic carbocycles. The van der Waals surface area contributed by atoms with E-state index in [0.717, 1.165) is 11.1 Å². The van der Waals surface area contributed by atoms with Gasteiger partial charge in [-0.3, -0.25) is 14.7 Å². The third-order valence-corrected chi connectivity index (χ3v) is 5.34. The van der Waals surface area contributed by atoms with Crippen molar-refractivity contribution in [2.75, 3.05) is 11.4 Å². The van der Waals surface area contributed by atoms with Crippen molar-refractivity contribution in [1.82, 2.24) is 9.97 Å². The van der Waals surface area contributed by atoms with Gasteiger partial charge in [0.05, 0.1) is 10.6 Å². The van der Waals surface area contributed by atoms with E-state index in [-0.39, 0.29) is 16.4 Å². The summed E-state index contributed by atoms with van der Waals surface area (Å²) in [6, 6.07) is 6.97. The highest BCUT2D eigenvalue weighted by Crippen LogP contribution is 2.25. The summed E-state index contributed by atoms with van der Waals surface area (Å²) in [6.45, 7) is 4.16. The van der Waals surface area contributed by atoms with E-state index in [1.807, 2.05) is 0 Å². The van der Waals surface area contributed by atoms with Gasteiger partial charge in [-0.05, 0) is 45.0 Å². The summed E-state index contributed by atoms with van der Waals surface area (Å²) >= 11 is 0. The molecule has 2 aromatic heterocycles. The molecule has 0 spiro atoms. The predicted molar refractivity (Wildman–Crippen MR) is 104 cm³/mol. The van der Waals surface area contributed by atoms with Crippen LogP contribution >= 0.6 is 0 Å². The van der Waals surface area contributed by atoms with Crippen LogP contribution in [0.5, 0.6) is 0 Å². The molecule has 29 heavy (non-hydrogen) atoms. The first-order chi connectivity index (χ1) is 13.4. The maximum atomic E-state index is 12.7. The van der Waals surface area contributed by atoms with Crippen molar-refractivity contribution < 1.29 is 27.9 Å². The van der Waals surface area contributed by atoms with Gasteiger partial charge in [0, 0.05) is 12.4 Å². The first-order valence-corrected chi connectivity index (χ1v) is 10.1. The van der Waals surface area contributed by atoms with E-state index < -0.39 is 39.4 Å². The number of carbonyl (C=O) groups is 2. The number of hydrogen-bond acceptors (Lipinski definition) is 8. The van der Waals surface area contributed by atoms with Gasteiger partial charge in [0.15, 0.2) is 5.37 Å². The van der Waals surface area contributed by atoms with Gasteiger partial charge >= 0.3 is 12.1 Å². The number of rotatable bonds is 6. The van der Waals surface area contributed by atoms with Crippen LogP contribution in [0.15, 0.2) is 47.6 Å². The molecule has 0 saturated heterocycles. The number of pyridine rings is 2. The van der Waals surface area contributed by atoms with E-state index in [0.29, 0.717) is 0 Å². The van der Waals surface area contributed by atoms with Gasteiger partial charge in [-0.25, -0.2) is 18.2 Å². The fraction of sp³-hybridized carbons (Fsp3) is 0.333. The molecule has 0 aliphatic heterocycles. The Kier molecular flexibility index (Phi) is 6.55. The monoisotopic (exact) mass is 422 g/mol. The van der Waals surface area contributed by atoms with Gasteiger partial charge in [-0.2, -0.15) is 0 Å². The Labute approximate surface area is 168 Å². The molecule has 0 aromatic carbocycles. The maximum Gasteiger partial charge on any atom is 0.416 e. The predicted octanol–water partition coefficient (Wildman–Crippen LogP) is 1.73. The Morgan fingerprint density at radius 2 is 1.93 bits per heavy atom. The normalized spacial score (nSPS) is 12.8. The lowest BCUT2D eigenvalue weighted by Gasteiger charge is -2.26. The zero-order chi connectivity index (χ0) is 21.8. The largest absolute Gasteiger partial charge is 0.480 e. The lowest BCUT2D eigenvalue weighted by molar-refractivity contribution is -0.135. The van der Waals surface area contributed by atoms with E-state index in [4.69, 9.17) is 15.6 Å². The number of anilines is 1. The molecule has 0 saturated carbocycles. The summed E-state index contributed by atoms with van der Waals surface area (Å²) in [5.41, 5.74) is 4.99. The van der Waals surface area contributed by atoms with E-state index in [9.17, 15) is 18.0 Å². The molecule has 2 heterocycles. The van der Waals surface area contributed by atoms with Crippen LogP contribution in [0.2, 0.25) is 0 Å². The second-order valence-corrected chi connectivity index (χ2v) is 9.10. The fourth-order valence-electron chi connectivity index (χ4n) is 2.26. The Hall–Kier alpha value is -3.05. The van der Waals surface area contributed by atoms with E-state index in [2.05, 4.69) is 9.97 Å². The smallest absolute Gasteiger partial charge is 0.416 e. The van der Waals surface area contributed by atoms with Crippen molar-refractivity contribution in [2.24, 2.45) is 5.73 Å². The highest BCUT2D eigenvalue weighted by atomic mass is 32.2. The number of hydrogen-bond donors (Lipinski definition) is 2. The molecular formula is C18H22N4O6S. The summed E-state index contributed by atoms with van der Waals surface area (Å²) < 4.78 is 30.6. The van der Waals surface area contributed by atoms with Crippen molar-refractivity contribution in [3.8, 4) is 0 Å². The number of nitrogens with two attached hydrogens (primary N) is 1. The topological polar surface area (TPSA) is 153 Å². The number of aromatic nitrogens is 2. The minimum absolute atomic E-state index is 0.0645. The van der Waals surface area contributed by atoms with Crippen LogP contribution in [0.1, 0.15) is 31.8 Å². The number of carboxylic acid groups (broad SMARTS) is 1. The van der Waals surface area contributed by atoms with Crippen LogP contribution in [0.25, 0.3) is 0 Å². The van der Waals surface area contributed by atoms with Crippen molar-refractivity contribution in [2.45, 2.75) is 36.6 Å². The summed E-state index contributed by atoms with van der Waals surface area (Å²) in [7, 11) is -4.00. The average molecular weight is 422 g/mol. The van der Waals surface area contributed by atoms with Gasteiger partial charge in [-0.15, -0.1) is 0 Å². The van der Waals surface area contributed by atoms with Gasteiger partial charge < -0.3 is 15.6 Å². The molecular weight excluding hydrogens is 400 g/mol. The highest BCUT2D eigenvalue weighted by Gasteiger charge is 2.30. The number of sulfone groups is 1. The minimum Gasteiger partial charge on any atom is -0.480 e. The van der Waals surface area contributed by atoms with Crippen LogP contribution in [0, 0.1) is 0 Å². The summed E-state index contributed by atoms with van der Waals surface area (Å²) in [4.78, 5) is 32.2. The number of carboxylic acids is 1. The van der Waals surface area contributed by atoms with Crippen LogP contribution < -0.4 is 10.6 Å². The molecule has 1 unspecified atom stereocenters. The molecule has 0 bridgehead atoms. The van der Waals surface area contributed by atoms with E-state index in [1.54, 1.807) is 20.8 Å². The molecule has 1 amide bonds. The molecule has 3 N–H and O–H groups in total. The molecule has 156 valence electrons. The molecule has 2 rings (SSSR count). The van der Waals surface area contributed by atoms with E-state index >= 15 is 0 Å². The van der Waals surface area contributed by atoms with Crippen LogP contribution in [-0.2, 0) is 19.4 Å². The molecule has 0 radical (unpaired) electrons. The minimum atomic E-state index is -4.00. The Balaban J connectivity index is 2.41. The van der Waals surface area contributed by atoms with Crippen LogP contribution in [0.3, 0.4) is 0 Å². The van der Waals surface area contributed by atoms with Crippen molar-refractivity contribution >= 4 is 27.7 Å². The first kappa shape index (κ1) is 22.2. The molecule has 1 atom stereocenters. The first-order valence-electron chi connectivity index (χ1n) is 8.50. The van der Waals surface area contributed by atoms with E-state index in [1.165, 1.54) is 36.5 Å². The summed E-state index contributed by atoms with van der Waals surface area (Å²) in [5.74, 6) is -1.40. The average Bonchev–Trinajstić information content (AvgIpc) is 2.64. The zero-order valence-corrected chi connectivity index (χ0v) is 17.0. The Morgan fingerprint density at radius 3 is 2.48 bits per heavy atom. The Morgan fingerprint density at radius 1 is 1.24 bits per heavy atom. The quantitative estimate of drug-likeness (QED) is 0.708. The number of amides is 1. The van der Waals surface area contributed by atoms with Crippen molar-refractivity contribution in [3.63, 3.8) is 0 Å². The number of nitrogens with zero attached hydrogens (tertiary/aromatic N) is 3. The standard InChI is InChI=1S/C18H22N4O6S/c1-18(2,3)28-17(25)22(11-15(23)24)14-8-4-7-13(21-14)16(19)29(26,27)12-6-5-9-20-10-12/h4-10,16H,11,19H2,1-3H3,(H,23,24). The number of aliphatic carboxylic acids is 1. The molecule has 11 heteroatoms. The number of ether oxygens (including phenoxy) is 1. The summed E-state index contributed by atoms with van der Waals surface area (Å²) in [6.07, 6.45) is 1.65. The number of carbonyl (C=O) groups excluding carboxylic acids is 1. The second-order valence-electron chi connectivity index (χ2n) is 7.04. The van der Waals surface area contributed by atoms with Crippen LogP contribution in [0.4, 0.5) is 10.6 Å². The van der Waals surface area contributed by atoms with Gasteiger partial charge in [-0.1, -0.05) is 6.07 Å². The molecule has 0 aliphatic rings. The maximum absolute atomic E-state index is 12.7. The second kappa shape index (κ2) is 8.53. The SMILES string of the molecule is CC(C)(C)OC(=O)N(CC(=O)O)c1cccc(C(N)S(=O)(=O)c2cccnc2)n1. The fourth-order valence-corrected chi connectivity index (χ4v) is 3.48.